The molecule has 1 atom stereocenters. The fourth-order valence-electron chi connectivity index (χ4n) is 3.30. The molecule has 1 aliphatic heterocycles. The van der Waals surface area contributed by atoms with Gasteiger partial charge in [-0.3, -0.25) is 4.79 Å². The molecule has 132 valence electrons. The van der Waals surface area contributed by atoms with Crippen LogP contribution in [0, 0.1) is 0 Å². The SMILES string of the molecule is COc1cc2c(cc1OC)C(c1ccc(Cl)cc1)N(C(=O)CCl)CC2. The molecule has 1 amide bonds. The van der Waals surface area contributed by atoms with Gasteiger partial charge in [0.15, 0.2) is 11.5 Å². The Hall–Kier alpha value is -1.91. The van der Waals surface area contributed by atoms with Crippen LogP contribution in [-0.2, 0) is 11.2 Å². The van der Waals surface area contributed by atoms with Crippen LogP contribution in [0.25, 0.3) is 0 Å². The first-order valence-electron chi connectivity index (χ1n) is 7.94. The standard InChI is InChI=1S/C19H19Cl2NO3/c1-24-16-9-13-7-8-22(18(23)11-20)19(15(13)10-17(16)25-2)12-3-5-14(21)6-4-12/h3-6,9-10,19H,7-8,11H2,1-2H3. The van der Waals surface area contributed by atoms with Crippen molar-refractivity contribution in [2.75, 3.05) is 26.6 Å². The molecule has 1 unspecified atom stereocenters. The maximum Gasteiger partial charge on any atom is 0.238 e. The third kappa shape index (κ3) is 3.42. The largest absolute Gasteiger partial charge is 0.493 e. The van der Waals surface area contributed by atoms with Crippen LogP contribution in [0.5, 0.6) is 11.5 Å². The maximum absolute atomic E-state index is 12.4. The zero-order valence-corrected chi connectivity index (χ0v) is 15.6. The number of hydrogen-bond donors (Lipinski definition) is 0. The summed E-state index contributed by atoms with van der Waals surface area (Å²) in [5.41, 5.74) is 3.14. The van der Waals surface area contributed by atoms with Crippen LogP contribution in [0.3, 0.4) is 0 Å². The summed E-state index contributed by atoms with van der Waals surface area (Å²) in [5, 5.41) is 0.655. The van der Waals surface area contributed by atoms with E-state index in [2.05, 4.69) is 0 Å². The van der Waals surface area contributed by atoms with Crippen LogP contribution in [-0.4, -0.2) is 37.5 Å². The van der Waals surface area contributed by atoms with Gasteiger partial charge in [0.05, 0.1) is 20.3 Å². The van der Waals surface area contributed by atoms with Crippen molar-refractivity contribution in [2.45, 2.75) is 12.5 Å². The van der Waals surface area contributed by atoms with Crippen molar-refractivity contribution < 1.29 is 14.3 Å². The number of alkyl halides is 1. The van der Waals surface area contributed by atoms with Gasteiger partial charge >= 0.3 is 0 Å². The molecular weight excluding hydrogens is 361 g/mol. The highest BCUT2D eigenvalue weighted by atomic mass is 35.5. The number of hydrogen-bond acceptors (Lipinski definition) is 3. The fourth-order valence-corrected chi connectivity index (χ4v) is 3.58. The van der Waals surface area contributed by atoms with Gasteiger partial charge in [0.2, 0.25) is 5.91 Å². The topological polar surface area (TPSA) is 38.8 Å². The molecule has 0 N–H and O–H groups in total. The molecule has 3 rings (SSSR count). The van der Waals surface area contributed by atoms with E-state index in [0.29, 0.717) is 23.1 Å². The Morgan fingerprint density at radius 3 is 2.40 bits per heavy atom. The van der Waals surface area contributed by atoms with E-state index in [1.807, 2.05) is 41.3 Å². The first kappa shape index (κ1) is 17.9. The third-order valence-electron chi connectivity index (χ3n) is 4.49. The van der Waals surface area contributed by atoms with Crippen molar-refractivity contribution in [1.29, 1.82) is 0 Å². The first-order valence-corrected chi connectivity index (χ1v) is 8.86. The van der Waals surface area contributed by atoms with Gasteiger partial charge in [-0.2, -0.15) is 0 Å². The number of carbonyl (C=O) groups excluding carboxylic acids is 1. The van der Waals surface area contributed by atoms with Crippen molar-refractivity contribution >= 4 is 29.1 Å². The van der Waals surface area contributed by atoms with Crippen molar-refractivity contribution in [3.8, 4) is 11.5 Å². The predicted molar refractivity (Wildman–Crippen MR) is 99.0 cm³/mol. The van der Waals surface area contributed by atoms with Crippen LogP contribution in [0.1, 0.15) is 22.7 Å². The lowest BCUT2D eigenvalue weighted by Gasteiger charge is -2.38. The number of rotatable bonds is 4. The van der Waals surface area contributed by atoms with Gasteiger partial charge in [-0.1, -0.05) is 23.7 Å². The van der Waals surface area contributed by atoms with Crippen LogP contribution in [0.4, 0.5) is 0 Å². The third-order valence-corrected chi connectivity index (χ3v) is 4.97. The van der Waals surface area contributed by atoms with E-state index in [1.54, 1.807) is 14.2 Å². The summed E-state index contributed by atoms with van der Waals surface area (Å²) < 4.78 is 10.9. The summed E-state index contributed by atoms with van der Waals surface area (Å²) in [6.07, 6.45) is 0.738. The molecule has 25 heavy (non-hydrogen) atoms. The molecule has 0 fully saturated rings. The van der Waals surface area contributed by atoms with Gasteiger partial charge in [0.25, 0.3) is 0 Å². The Balaban J connectivity index is 2.15. The van der Waals surface area contributed by atoms with Crippen molar-refractivity contribution in [1.82, 2.24) is 4.90 Å². The van der Waals surface area contributed by atoms with E-state index in [1.165, 1.54) is 0 Å². The van der Waals surface area contributed by atoms with Crippen molar-refractivity contribution in [3.05, 3.63) is 58.1 Å². The van der Waals surface area contributed by atoms with Gasteiger partial charge in [-0.25, -0.2) is 0 Å². The van der Waals surface area contributed by atoms with Crippen LogP contribution in [0.2, 0.25) is 5.02 Å². The second-order valence-corrected chi connectivity index (χ2v) is 6.53. The fraction of sp³-hybridized carbons (Fsp3) is 0.316. The van der Waals surface area contributed by atoms with E-state index in [4.69, 9.17) is 32.7 Å². The average Bonchev–Trinajstić information content (AvgIpc) is 2.66. The highest BCUT2D eigenvalue weighted by molar-refractivity contribution is 6.30. The molecule has 1 heterocycles. The first-order chi connectivity index (χ1) is 12.1. The Kier molecular flexibility index (Phi) is 5.40. The van der Waals surface area contributed by atoms with Gasteiger partial charge < -0.3 is 14.4 Å². The van der Waals surface area contributed by atoms with Crippen molar-refractivity contribution in [3.63, 3.8) is 0 Å². The zero-order chi connectivity index (χ0) is 18.0. The number of fused-ring (bicyclic) bond motifs is 1. The lowest BCUT2D eigenvalue weighted by Crippen LogP contribution is -2.41. The Morgan fingerprint density at radius 1 is 1.16 bits per heavy atom. The molecule has 0 aliphatic carbocycles. The quantitative estimate of drug-likeness (QED) is 0.751. The molecule has 0 bridgehead atoms. The van der Waals surface area contributed by atoms with E-state index in [0.717, 1.165) is 23.1 Å². The number of nitrogens with zero attached hydrogens (tertiary/aromatic N) is 1. The Labute approximate surface area is 157 Å². The van der Waals surface area contributed by atoms with Gasteiger partial charge in [0, 0.05) is 11.6 Å². The smallest absolute Gasteiger partial charge is 0.238 e. The Bertz CT molecular complexity index is 777. The second kappa shape index (κ2) is 7.54. The highest BCUT2D eigenvalue weighted by Crippen LogP contribution is 2.41. The van der Waals surface area contributed by atoms with E-state index in [9.17, 15) is 4.79 Å². The van der Waals surface area contributed by atoms with Crippen LogP contribution < -0.4 is 9.47 Å². The summed E-state index contributed by atoms with van der Waals surface area (Å²) in [5.74, 6) is 1.18. The summed E-state index contributed by atoms with van der Waals surface area (Å²) >= 11 is 11.9. The van der Waals surface area contributed by atoms with Crippen molar-refractivity contribution in [2.24, 2.45) is 0 Å². The molecule has 6 heteroatoms. The zero-order valence-electron chi connectivity index (χ0n) is 14.1. The minimum absolute atomic E-state index is 0.0489. The molecule has 2 aromatic rings. The van der Waals surface area contributed by atoms with Crippen LogP contribution >= 0.6 is 23.2 Å². The van der Waals surface area contributed by atoms with E-state index in [-0.39, 0.29) is 17.8 Å². The molecule has 0 saturated heterocycles. The number of carbonyl (C=O) groups is 1. The normalized spacial score (nSPS) is 16.3. The molecule has 0 aromatic heterocycles. The summed E-state index contributed by atoms with van der Waals surface area (Å²) in [7, 11) is 3.22. The molecule has 0 radical (unpaired) electrons. The van der Waals surface area contributed by atoms with E-state index >= 15 is 0 Å². The minimum Gasteiger partial charge on any atom is -0.493 e. The number of ether oxygens (including phenoxy) is 2. The summed E-state index contributed by atoms with van der Waals surface area (Å²) in [6, 6.07) is 11.2. The second-order valence-electron chi connectivity index (χ2n) is 5.83. The number of benzene rings is 2. The maximum atomic E-state index is 12.4. The van der Waals surface area contributed by atoms with Gasteiger partial charge in [-0.15, -0.1) is 11.6 Å². The van der Waals surface area contributed by atoms with E-state index < -0.39 is 0 Å². The predicted octanol–water partition coefficient (Wildman–Crippen LogP) is 4.07. The number of methoxy groups -OCH3 is 2. The number of amides is 1. The molecule has 0 saturated carbocycles. The molecule has 0 spiro atoms. The lowest BCUT2D eigenvalue weighted by molar-refractivity contribution is -0.130. The monoisotopic (exact) mass is 379 g/mol. The Morgan fingerprint density at radius 2 is 1.80 bits per heavy atom. The van der Waals surface area contributed by atoms with Gasteiger partial charge in [-0.05, 0) is 47.4 Å². The summed E-state index contributed by atoms with van der Waals surface area (Å²) in [6.45, 7) is 0.599. The molecule has 4 nitrogen and oxygen atoms in total. The molecule has 1 aliphatic rings. The molecular formula is C19H19Cl2NO3. The molecule has 2 aromatic carbocycles. The average molecular weight is 380 g/mol. The minimum atomic E-state index is -0.230. The van der Waals surface area contributed by atoms with Gasteiger partial charge in [0.1, 0.15) is 5.88 Å². The number of halogens is 2. The summed E-state index contributed by atoms with van der Waals surface area (Å²) in [4.78, 5) is 14.2. The highest BCUT2D eigenvalue weighted by Gasteiger charge is 2.32. The lowest BCUT2D eigenvalue weighted by atomic mass is 9.87. The van der Waals surface area contributed by atoms with Crippen LogP contribution in [0.15, 0.2) is 36.4 Å².